The quantitative estimate of drug-likeness (QED) is 0.487. The van der Waals surface area contributed by atoms with Crippen molar-refractivity contribution < 1.29 is 14.3 Å². The summed E-state index contributed by atoms with van der Waals surface area (Å²) in [7, 11) is 0. The van der Waals surface area contributed by atoms with Gasteiger partial charge in [-0.2, -0.15) is 4.68 Å². The lowest BCUT2D eigenvalue weighted by Gasteiger charge is -2.11. The van der Waals surface area contributed by atoms with Crippen LogP contribution >= 0.6 is 0 Å². The number of hydrogen-bond acceptors (Lipinski definition) is 6. The lowest BCUT2D eigenvalue weighted by Crippen LogP contribution is -2.27. The number of nitrogens with one attached hydrogen (secondary N) is 1. The van der Waals surface area contributed by atoms with Crippen LogP contribution in [0.5, 0.6) is 0 Å². The van der Waals surface area contributed by atoms with Gasteiger partial charge in [0.15, 0.2) is 6.73 Å². The van der Waals surface area contributed by atoms with Crippen LogP contribution in [0.1, 0.15) is 15.9 Å². The fraction of sp³-hybridized carbons (Fsp3) is 0.0870. The number of benzene rings is 3. The molecule has 1 aromatic heterocycles. The molecule has 1 heterocycles. The molecule has 0 atom stereocenters. The molecule has 0 bridgehead atoms. The number of amides is 1. The number of ether oxygens (including phenoxy) is 1. The van der Waals surface area contributed by atoms with E-state index in [-0.39, 0.29) is 17.9 Å². The Bertz CT molecular complexity index is 1300. The Hall–Kier alpha value is -4.33. The number of para-hydroxylation sites is 1. The van der Waals surface area contributed by atoms with Gasteiger partial charge in [-0.15, -0.1) is 5.10 Å². The highest BCUT2D eigenvalue weighted by Gasteiger charge is 2.16. The Morgan fingerprint density at radius 3 is 2.45 bits per heavy atom. The molecule has 0 saturated carbocycles. The monoisotopic (exact) mass is 414 g/mol. The van der Waals surface area contributed by atoms with Crippen molar-refractivity contribution >= 4 is 28.5 Å². The average Bonchev–Trinajstić information content (AvgIpc) is 2.79. The summed E-state index contributed by atoms with van der Waals surface area (Å²) in [6.07, 6.45) is 0.173. The second-order valence-corrected chi connectivity index (χ2v) is 6.73. The second kappa shape index (κ2) is 9.00. The molecular formula is C23H18N4O4. The molecule has 0 unspecified atom stereocenters. The number of hydrogen-bond donors (Lipinski definition) is 1. The minimum Gasteiger partial charge on any atom is -0.438 e. The Morgan fingerprint density at radius 2 is 1.61 bits per heavy atom. The lowest BCUT2D eigenvalue weighted by atomic mass is 10.1. The molecule has 0 fully saturated rings. The molecular weight excluding hydrogens is 396 g/mol. The number of anilines is 1. The van der Waals surface area contributed by atoms with Crippen molar-refractivity contribution in [3.63, 3.8) is 0 Å². The van der Waals surface area contributed by atoms with E-state index in [1.54, 1.807) is 42.5 Å². The molecule has 4 aromatic rings. The zero-order chi connectivity index (χ0) is 21.6. The highest BCUT2D eigenvalue weighted by atomic mass is 16.5. The molecule has 0 aliphatic heterocycles. The van der Waals surface area contributed by atoms with E-state index in [4.69, 9.17) is 4.74 Å². The summed E-state index contributed by atoms with van der Waals surface area (Å²) in [6.45, 7) is -0.401. The van der Waals surface area contributed by atoms with Gasteiger partial charge in [0, 0.05) is 0 Å². The van der Waals surface area contributed by atoms with E-state index in [0.29, 0.717) is 16.6 Å². The maximum absolute atomic E-state index is 12.6. The first-order chi connectivity index (χ1) is 15.1. The van der Waals surface area contributed by atoms with Gasteiger partial charge in [0.1, 0.15) is 5.52 Å². The summed E-state index contributed by atoms with van der Waals surface area (Å²) < 4.78 is 6.22. The van der Waals surface area contributed by atoms with Crippen molar-refractivity contribution in [3.05, 3.63) is 100 Å². The molecule has 0 saturated heterocycles. The van der Waals surface area contributed by atoms with Gasteiger partial charge < -0.3 is 10.1 Å². The molecule has 31 heavy (non-hydrogen) atoms. The van der Waals surface area contributed by atoms with E-state index in [2.05, 4.69) is 15.6 Å². The minimum absolute atomic E-state index is 0.172. The summed E-state index contributed by atoms with van der Waals surface area (Å²) >= 11 is 0. The molecule has 0 spiro atoms. The van der Waals surface area contributed by atoms with Crippen LogP contribution in [0.4, 0.5) is 5.69 Å². The van der Waals surface area contributed by atoms with E-state index in [1.807, 2.05) is 30.3 Å². The fourth-order valence-electron chi connectivity index (χ4n) is 3.05. The van der Waals surface area contributed by atoms with Crippen LogP contribution < -0.4 is 10.9 Å². The van der Waals surface area contributed by atoms with Crippen LogP contribution in [0.3, 0.4) is 0 Å². The van der Waals surface area contributed by atoms with Crippen LogP contribution in [0.25, 0.3) is 10.9 Å². The SMILES string of the molecule is O=C(Cc1ccccc1)Nc1ccccc1C(=O)OCn1nnc2ccccc2c1=O. The van der Waals surface area contributed by atoms with Gasteiger partial charge in [-0.1, -0.05) is 59.8 Å². The Kier molecular flexibility index (Phi) is 5.79. The van der Waals surface area contributed by atoms with Gasteiger partial charge in [0.05, 0.1) is 23.1 Å². The van der Waals surface area contributed by atoms with Gasteiger partial charge in [-0.25, -0.2) is 4.79 Å². The van der Waals surface area contributed by atoms with E-state index in [9.17, 15) is 14.4 Å². The largest absolute Gasteiger partial charge is 0.438 e. The molecule has 8 heteroatoms. The summed E-state index contributed by atoms with van der Waals surface area (Å²) in [5, 5.41) is 10.9. The number of carbonyl (C=O) groups is 2. The molecule has 4 rings (SSSR count). The predicted molar refractivity (Wildman–Crippen MR) is 114 cm³/mol. The zero-order valence-electron chi connectivity index (χ0n) is 16.4. The van der Waals surface area contributed by atoms with Crippen molar-refractivity contribution in [2.24, 2.45) is 0 Å². The standard InChI is InChI=1S/C23H18N4O4/c28-21(14-16-8-2-1-3-9-16)24-19-12-6-5-11-18(19)23(30)31-15-27-22(29)17-10-4-7-13-20(17)25-26-27/h1-13H,14-15H2,(H,24,28). The molecule has 0 radical (unpaired) electrons. The Morgan fingerprint density at radius 1 is 0.903 bits per heavy atom. The topological polar surface area (TPSA) is 103 Å². The highest BCUT2D eigenvalue weighted by Crippen LogP contribution is 2.17. The third-order valence-electron chi connectivity index (χ3n) is 4.58. The first-order valence-electron chi connectivity index (χ1n) is 9.54. The van der Waals surface area contributed by atoms with Gasteiger partial charge in [-0.05, 0) is 29.8 Å². The van der Waals surface area contributed by atoms with Crippen LogP contribution in [-0.2, 0) is 22.7 Å². The maximum Gasteiger partial charge on any atom is 0.342 e. The molecule has 1 amide bonds. The number of carbonyl (C=O) groups excluding carboxylic acids is 2. The van der Waals surface area contributed by atoms with Crippen LogP contribution in [0.2, 0.25) is 0 Å². The van der Waals surface area contributed by atoms with Crippen molar-refractivity contribution in [2.45, 2.75) is 13.2 Å². The number of rotatable bonds is 6. The molecule has 8 nitrogen and oxygen atoms in total. The Balaban J connectivity index is 1.46. The van der Waals surface area contributed by atoms with E-state index in [0.717, 1.165) is 10.2 Å². The first kappa shape index (κ1) is 20.0. The highest BCUT2D eigenvalue weighted by molar-refractivity contribution is 6.01. The van der Waals surface area contributed by atoms with Gasteiger partial charge in [0.25, 0.3) is 5.56 Å². The number of aromatic nitrogens is 3. The molecule has 3 aromatic carbocycles. The van der Waals surface area contributed by atoms with Gasteiger partial charge in [-0.3, -0.25) is 9.59 Å². The normalized spacial score (nSPS) is 10.6. The van der Waals surface area contributed by atoms with Crippen LogP contribution in [-0.4, -0.2) is 26.9 Å². The van der Waals surface area contributed by atoms with Gasteiger partial charge >= 0.3 is 5.97 Å². The number of esters is 1. The Labute approximate surface area is 177 Å². The van der Waals surface area contributed by atoms with Crippen molar-refractivity contribution in [3.8, 4) is 0 Å². The van der Waals surface area contributed by atoms with Crippen molar-refractivity contribution in [1.82, 2.24) is 15.0 Å². The average molecular weight is 414 g/mol. The lowest BCUT2D eigenvalue weighted by molar-refractivity contribution is -0.115. The maximum atomic E-state index is 12.6. The third kappa shape index (κ3) is 4.64. The summed E-state index contributed by atoms with van der Waals surface area (Å²) in [5.41, 5.74) is 1.40. The second-order valence-electron chi connectivity index (χ2n) is 6.73. The molecule has 0 aliphatic carbocycles. The third-order valence-corrected chi connectivity index (χ3v) is 4.58. The predicted octanol–water partition coefficient (Wildman–Crippen LogP) is 2.79. The molecule has 154 valence electrons. The van der Waals surface area contributed by atoms with E-state index >= 15 is 0 Å². The first-order valence-corrected chi connectivity index (χ1v) is 9.54. The van der Waals surface area contributed by atoms with Crippen LogP contribution in [0.15, 0.2) is 83.7 Å². The van der Waals surface area contributed by atoms with Crippen LogP contribution in [0, 0.1) is 0 Å². The smallest absolute Gasteiger partial charge is 0.342 e. The zero-order valence-corrected chi connectivity index (χ0v) is 16.4. The minimum atomic E-state index is -0.697. The fourth-order valence-corrected chi connectivity index (χ4v) is 3.05. The molecule has 0 aliphatic rings. The summed E-state index contributed by atoms with van der Waals surface area (Å²) in [4.78, 5) is 37.5. The van der Waals surface area contributed by atoms with E-state index in [1.165, 1.54) is 6.07 Å². The van der Waals surface area contributed by atoms with E-state index < -0.39 is 18.3 Å². The summed E-state index contributed by atoms with van der Waals surface area (Å²) in [6, 6.07) is 22.6. The molecule has 1 N–H and O–H groups in total. The van der Waals surface area contributed by atoms with Crippen molar-refractivity contribution in [1.29, 1.82) is 0 Å². The number of nitrogens with zero attached hydrogens (tertiary/aromatic N) is 3. The summed E-state index contributed by atoms with van der Waals surface area (Å²) in [5.74, 6) is -0.958. The number of fused-ring (bicyclic) bond motifs is 1. The van der Waals surface area contributed by atoms with Gasteiger partial charge in [0.2, 0.25) is 5.91 Å². The van der Waals surface area contributed by atoms with Crippen molar-refractivity contribution in [2.75, 3.05) is 5.32 Å².